The maximum absolute atomic E-state index is 12.0. The fourth-order valence-electron chi connectivity index (χ4n) is 2.68. The third-order valence-electron chi connectivity index (χ3n) is 4.10. The second-order valence-corrected chi connectivity index (χ2v) is 6.44. The number of pyridine rings is 1. The van der Waals surface area contributed by atoms with Crippen LogP contribution in [0.15, 0.2) is 48.8 Å². The van der Waals surface area contributed by atoms with Crippen LogP contribution in [0.5, 0.6) is 0 Å². The number of ketones is 1. The third-order valence-corrected chi connectivity index (χ3v) is 4.10. The SMILES string of the molecule is CC(=O)/C=C/c1c[nH]c2ncc(-c3ccc(C(=O)NC[C@@H](C)O)cc3)cc12. The molecular weight excluding hydrogens is 342 g/mol. The van der Waals surface area contributed by atoms with Gasteiger partial charge in [0.25, 0.3) is 5.91 Å². The lowest BCUT2D eigenvalue weighted by atomic mass is 10.0. The molecule has 6 nitrogen and oxygen atoms in total. The number of aliphatic hydroxyl groups excluding tert-OH is 1. The van der Waals surface area contributed by atoms with E-state index in [9.17, 15) is 14.7 Å². The zero-order valence-corrected chi connectivity index (χ0v) is 15.2. The van der Waals surface area contributed by atoms with E-state index in [4.69, 9.17) is 0 Å². The molecule has 0 spiro atoms. The van der Waals surface area contributed by atoms with Crippen molar-refractivity contribution in [2.24, 2.45) is 0 Å². The number of aromatic amines is 1. The maximum atomic E-state index is 12.0. The Labute approximate surface area is 156 Å². The van der Waals surface area contributed by atoms with Gasteiger partial charge in [-0.25, -0.2) is 4.98 Å². The van der Waals surface area contributed by atoms with Gasteiger partial charge >= 0.3 is 0 Å². The van der Waals surface area contributed by atoms with E-state index in [0.717, 1.165) is 27.7 Å². The summed E-state index contributed by atoms with van der Waals surface area (Å²) in [5, 5.41) is 12.8. The molecule has 1 amide bonds. The number of rotatable bonds is 6. The van der Waals surface area contributed by atoms with Gasteiger partial charge < -0.3 is 15.4 Å². The molecule has 2 aromatic heterocycles. The fraction of sp³-hybridized carbons (Fsp3) is 0.190. The van der Waals surface area contributed by atoms with Gasteiger partial charge in [0.2, 0.25) is 0 Å². The first-order valence-corrected chi connectivity index (χ1v) is 8.66. The molecule has 0 aliphatic carbocycles. The molecule has 0 aliphatic heterocycles. The van der Waals surface area contributed by atoms with Crippen LogP contribution in [-0.4, -0.2) is 39.4 Å². The minimum atomic E-state index is -0.585. The van der Waals surface area contributed by atoms with Gasteiger partial charge in [0.05, 0.1) is 6.10 Å². The standard InChI is InChI=1S/C21H21N3O3/c1-13(25)3-4-17-11-22-20-19(17)9-18(12-23-20)15-5-7-16(8-6-15)21(27)24-10-14(2)26/h3-9,11-12,14,26H,10H2,1-2H3,(H,22,23)(H,24,27)/b4-3+/t14-/m1/s1. The molecule has 3 N–H and O–H groups in total. The molecule has 138 valence electrons. The summed E-state index contributed by atoms with van der Waals surface area (Å²) in [6, 6.07) is 9.20. The van der Waals surface area contributed by atoms with Gasteiger partial charge in [0.1, 0.15) is 5.65 Å². The number of allylic oxidation sites excluding steroid dienone is 1. The van der Waals surface area contributed by atoms with Crippen LogP contribution in [0.2, 0.25) is 0 Å². The van der Waals surface area contributed by atoms with Crippen molar-refractivity contribution in [1.29, 1.82) is 0 Å². The molecular formula is C21H21N3O3. The Kier molecular flexibility index (Phi) is 5.47. The average molecular weight is 363 g/mol. The molecule has 1 aromatic carbocycles. The highest BCUT2D eigenvalue weighted by molar-refractivity contribution is 5.97. The maximum Gasteiger partial charge on any atom is 0.251 e. The number of amides is 1. The number of aliphatic hydroxyl groups is 1. The first kappa shape index (κ1) is 18.5. The summed E-state index contributed by atoms with van der Waals surface area (Å²) in [6.45, 7) is 3.34. The van der Waals surface area contributed by atoms with Gasteiger partial charge in [0, 0.05) is 41.0 Å². The van der Waals surface area contributed by atoms with E-state index in [-0.39, 0.29) is 18.2 Å². The number of nitrogens with zero attached hydrogens (tertiary/aromatic N) is 1. The van der Waals surface area contributed by atoms with Crippen LogP contribution in [0.25, 0.3) is 28.2 Å². The number of benzene rings is 1. The summed E-state index contributed by atoms with van der Waals surface area (Å²) in [5.74, 6) is -0.240. The minimum absolute atomic E-state index is 0.0158. The first-order valence-electron chi connectivity index (χ1n) is 8.66. The molecule has 0 bridgehead atoms. The van der Waals surface area contributed by atoms with Gasteiger partial charge in [-0.15, -0.1) is 0 Å². The predicted octanol–water partition coefficient (Wildman–Crippen LogP) is 2.94. The van der Waals surface area contributed by atoms with Gasteiger partial charge in [-0.2, -0.15) is 0 Å². The highest BCUT2D eigenvalue weighted by atomic mass is 16.3. The lowest BCUT2D eigenvalue weighted by molar-refractivity contribution is -0.112. The molecule has 2 heterocycles. The van der Waals surface area contributed by atoms with E-state index >= 15 is 0 Å². The van der Waals surface area contributed by atoms with Crippen molar-refractivity contribution in [3.8, 4) is 11.1 Å². The Hall–Kier alpha value is -3.25. The Morgan fingerprint density at radius 1 is 1.26 bits per heavy atom. The van der Waals surface area contributed by atoms with E-state index in [1.165, 1.54) is 13.0 Å². The molecule has 0 aliphatic rings. The zero-order chi connectivity index (χ0) is 19.4. The highest BCUT2D eigenvalue weighted by Crippen LogP contribution is 2.25. The van der Waals surface area contributed by atoms with Gasteiger partial charge in [-0.3, -0.25) is 9.59 Å². The van der Waals surface area contributed by atoms with Gasteiger partial charge in [-0.1, -0.05) is 12.1 Å². The number of hydrogen-bond acceptors (Lipinski definition) is 4. The molecule has 3 rings (SSSR count). The average Bonchev–Trinajstić information content (AvgIpc) is 3.06. The summed E-state index contributed by atoms with van der Waals surface area (Å²) in [6.07, 6.45) is 6.28. The molecule has 0 saturated carbocycles. The number of aromatic nitrogens is 2. The molecule has 6 heteroatoms. The Balaban J connectivity index is 1.85. The zero-order valence-electron chi connectivity index (χ0n) is 15.2. The van der Waals surface area contributed by atoms with Crippen molar-refractivity contribution in [3.63, 3.8) is 0 Å². The second-order valence-electron chi connectivity index (χ2n) is 6.44. The molecule has 0 radical (unpaired) electrons. The third kappa shape index (κ3) is 4.48. The van der Waals surface area contributed by atoms with Crippen LogP contribution in [0.1, 0.15) is 29.8 Å². The highest BCUT2D eigenvalue weighted by Gasteiger charge is 2.09. The quantitative estimate of drug-likeness (QED) is 0.587. The predicted molar refractivity (Wildman–Crippen MR) is 105 cm³/mol. The lowest BCUT2D eigenvalue weighted by Crippen LogP contribution is -2.30. The normalized spacial score (nSPS) is 12.4. The summed E-state index contributed by atoms with van der Waals surface area (Å²) < 4.78 is 0. The number of carbonyl (C=O) groups is 2. The van der Waals surface area contributed by atoms with E-state index in [1.54, 1.807) is 31.3 Å². The number of hydrogen-bond donors (Lipinski definition) is 3. The fourth-order valence-corrected chi connectivity index (χ4v) is 2.68. The molecule has 0 fully saturated rings. The number of carbonyl (C=O) groups excluding carboxylic acids is 2. The van der Waals surface area contributed by atoms with Crippen molar-refractivity contribution >= 4 is 28.8 Å². The van der Waals surface area contributed by atoms with Crippen molar-refractivity contribution in [3.05, 3.63) is 59.9 Å². The Morgan fingerprint density at radius 3 is 2.67 bits per heavy atom. The Morgan fingerprint density at radius 2 is 2.00 bits per heavy atom. The van der Waals surface area contributed by atoms with Crippen LogP contribution in [0.3, 0.4) is 0 Å². The number of nitrogens with one attached hydrogen (secondary N) is 2. The van der Waals surface area contributed by atoms with Crippen molar-refractivity contribution in [2.45, 2.75) is 20.0 Å². The number of fused-ring (bicyclic) bond motifs is 1. The minimum Gasteiger partial charge on any atom is -0.392 e. The van der Waals surface area contributed by atoms with Crippen LogP contribution < -0.4 is 5.32 Å². The van der Waals surface area contributed by atoms with Crippen molar-refractivity contribution < 1.29 is 14.7 Å². The first-order chi connectivity index (χ1) is 12.9. The van der Waals surface area contributed by atoms with E-state index in [0.29, 0.717) is 5.56 Å². The van der Waals surface area contributed by atoms with E-state index in [2.05, 4.69) is 15.3 Å². The molecule has 0 unspecified atom stereocenters. The molecule has 1 atom stereocenters. The Bertz CT molecular complexity index is 1000. The lowest BCUT2D eigenvalue weighted by Gasteiger charge is -2.08. The summed E-state index contributed by atoms with van der Waals surface area (Å²) in [7, 11) is 0. The summed E-state index contributed by atoms with van der Waals surface area (Å²) in [5.41, 5.74) is 4.01. The number of H-pyrrole nitrogens is 1. The van der Waals surface area contributed by atoms with Crippen LogP contribution in [0, 0.1) is 0 Å². The van der Waals surface area contributed by atoms with Crippen molar-refractivity contribution in [2.75, 3.05) is 6.54 Å². The molecule has 3 aromatic rings. The summed E-state index contributed by atoms with van der Waals surface area (Å²) in [4.78, 5) is 30.7. The summed E-state index contributed by atoms with van der Waals surface area (Å²) >= 11 is 0. The largest absolute Gasteiger partial charge is 0.392 e. The van der Waals surface area contributed by atoms with E-state index < -0.39 is 6.10 Å². The molecule has 27 heavy (non-hydrogen) atoms. The smallest absolute Gasteiger partial charge is 0.251 e. The van der Waals surface area contributed by atoms with Gasteiger partial charge in [-0.05, 0) is 49.8 Å². The van der Waals surface area contributed by atoms with Crippen molar-refractivity contribution in [1.82, 2.24) is 15.3 Å². The van der Waals surface area contributed by atoms with Crippen LogP contribution in [0.4, 0.5) is 0 Å². The van der Waals surface area contributed by atoms with E-state index in [1.807, 2.05) is 24.4 Å². The monoisotopic (exact) mass is 363 g/mol. The topological polar surface area (TPSA) is 95.1 Å². The van der Waals surface area contributed by atoms with Gasteiger partial charge in [0.15, 0.2) is 5.78 Å². The van der Waals surface area contributed by atoms with Crippen LogP contribution in [-0.2, 0) is 4.79 Å². The second kappa shape index (κ2) is 7.97. The van der Waals surface area contributed by atoms with Crippen LogP contribution >= 0.6 is 0 Å². The molecule has 0 saturated heterocycles.